The third-order valence-electron chi connectivity index (χ3n) is 3.81. The molecule has 20 heavy (non-hydrogen) atoms. The van der Waals surface area contributed by atoms with Crippen LogP contribution >= 0.6 is 0 Å². The molecule has 0 saturated heterocycles. The highest BCUT2D eigenvalue weighted by atomic mass is 19.1. The summed E-state index contributed by atoms with van der Waals surface area (Å²) in [5, 5.41) is 8.36. The molecule has 3 heteroatoms. The van der Waals surface area contributed by atoms with E-state index in [0.717, 1.165) is 23.5 Å². The average Bonchev–Trinajstić information content (AvgIpc) is 3.03. The topological polar surface area (TPSA) is 37.3 Å². The number of carboxylic acids is 1. The van der Waals surface area contributed by atoms with Gasteiger partial charge in [-0.05, 0) is 67.4 Å². The average molecular weight is 274 g/mol. The third-order valence-corrected chi connectivity index (χ3v) is 3.81. The zero-order valence-corrected chi connectivity index (χ0v) is 11.6. The lowest BCUT2D eigenvalue weighted by atomic mass is 10.1. The molecular weight excluding hydrogens is 255 g/mol. The van der Waals surface area contributed by atoms with E-state index in [1.54, 1.807) is 13.0 Å². The van der Waals surface area contributed by atoms with Gasteiger partial charge in [0.1, 0.15) is 5.82 Å². The third kappa shape index (κ3) is 4.05. The van der Waals surface area contributed by atoms with E-state index in [1.807, 2.05) is 0 Å². The molecule has 1 aromatic rings. The van der Waals surface area contributed by atoms with Crippen molar-refractivity contribution in [3.8, 4) is 0 Å². The van der Waals surface area contributed by atoms with Gasteiger partial charge in [0.2, 0.25) is 0 Å². The smallest absolute Gasteiger partial charge is 0.328 e. The van der Waals surface area contributed by atoms with Gasteiger partial charge in [-0.25, -0.2) is 9.18 Å². The predicted octanol–water partition coefficient (Wildman–Crippen LogP) is 4.20. The lowest BCUT2D eigenvalue weighted by Crippen LogP contribution is -1.87. The van der Waals surface area contributed by atoms with Crippen molar-refractivity contribution in [1.82, 2.24) is 0 Å². The van der Waals surface area contributed by atoms with E-state index in [9.17, 15) is 9.18 Å². The van der Waals surface area contributed by atoms with Gasteiger partial charge in [0.05, 0.1) is 0 Å². The molecular formula is C17H19FO2. The van der Waals surface area contributed by atoms with Crippen LogP contribution in [0, 0.1) is 24.6 Å². The second kappa shape index (κ2) is 6.51. The Balaban J connectivity index is 0.000000173. The standard InChI is InChI=1S/C10H9FO2.C7H10/c1-7-6-9(11)4-2-8(7)3-5-10(12)13;1-2-7-4-3-6(1)5-7/h2-6H,1H3,(H,12,13);1-2,6-7H,3-5H2. The quantitative estimate of drug-likeness (QED) is 0.648. The van der Waals surface area contributed by atoms with Crippen molar-refractivity contribution in [2.24, 2.45) is 11.8 Å². The van der Waals surface area contributed by atoms with Gasteiger partial charge >= 0.3 is 5.97 Å². The number of hydrogen-bond acceptors (Lipinski definition) is 1. The minimum atomic E-state index is -1.01. The maximum Gasteiger partial charge on any atom is 0.328 e. The number of carbonyl (C=O) groups is 1. The summed E-state index contributed by atoms with van der Waals surface area (Å²) in [4.78, 5) is 10.2. The highest BCUT2D eigenvalue weighted by Gasteiger charge is 2.25. The zero-order valence-electron chi connectivity index (χ0n) is 11.6. The fourth-order valence-electron chi connectivity index (χ4n) is 2.70. The molecule has 2 aliphatic carbocycles. The summed E-state index contributed by atoms with van der Waals surface area (Å²) >= 11 is 0. The van der Waals surface area contributed by atoms with Crippen molar-refractivity contribution in [1.29, 1.82) is 0 Å². The van der Waals surface area contributed by atoms with E-state index >= 15 is 0 Å². The van der Waals surface area contributed by atoms with Gasteiger partial charge in [-0.3, -0.25) is 0 Å². The molecule has 2 atom stereocenters. The Morgan fingerprint density at radius 3 is 2.35 bits per heavy atom. The van der Waals surface area contributed by atoms with Crippen LogP contribution in [-0.4, -0.2) is 11.1 Å². The number of carboxylic acid groups (broad SMARTS) is 1. The van der Waals surface area contributed by atoms with Gasteiger partial charge in [-0.2, -0.15) is 0 Å². The Hall–Kier alpha value is -1.90. The van der Waals surface area contributed by atoms with Crippen molar-refractivity contribution in [2.75, 3.05) is 0 Å². The van der Waals surface area contributed by atoms with Crippen LogP contribution < -0.4 is 0 Å². The number of halogens is 1. The molecule has 2 nitrogen and oxygen atoms in total. The van der Waals surface area contributed by atoms with Gasteiger partial charge in [-0.15, -0.1) is 0 Å². The van der Waals surface area contributed by atoms with E-state index in [1.165, 1.54) is 37.5 Å². The molecule has 0 aromatic heterocycles. The lowest BCUT2D eigenvalue weighted by Gasteiger charge is -1.98. The van der Waals surface area contributed by atoms with Gasteiger partial charge < -0.3 is 5.11 Å². The van der Waals surface area contributed by atoms with E-state index < -0.39 is 5.97 Å². The van der Waals surface area contributed by atoms with Crippen LogP contribution in [-0.2, 0) is 4.79 Å². The van der Waals surface area contributed by atoms with Crippen LogP contribution in [0.25, 0.3) is 6.08 Å². The second-order valence-electron chi connectivity index (χ2n) is 5.39. The summed E-state index contributed by atoms with van der Waals surface area (Å²) in [6, 6.07) is 4.21. The number of aryl methyl sites for hydroxylation is 1. The second-order valence-corrected chi connectivity index (χ2v) is 5.39. The van der Waals surface area contributed by atoms with Crippen molar-refractivity contribution >= 4 is 12.0 Å². The van der Waals surface area contributed by atoms with Crippen LogP contribution in [0.1, 0.15) is 30.4 Å². The number of fused-ring (bicyclic) bond motifs is 2. The molecule has 1 fully saturated rings. The molecule has 1 N–H and O–H groups in total. The van der Waals surface area contributed by atoms with Crippen LogP contribution in [0.4, 0.5) is 4.39 Å². The Bertz CT molecular complexity index is 534. The van der Waals surface area contributed by atoms with Crippen LogP contribution in [0.5, 0.6) is 0 Å². The Labute approximate surface area is 118 Å². The van der Waals surface area contributed by atoms with Gasteiger partial charge in [0.15, 0.2) is 0 Å². The summed E-state index contributed by atoms with van der Waals surface area (Å²) in [5.41, 5.74) is 1.43. The first-order chi connectivity index (χ1) is 9.54. The van der Waals surface area contributed by atoms with Crippen molar-refractivity contribution in [3.63, 3.8) is 0 Å². The van der Waals surface area contributed by atoms with Crippen molar-refractivity contribution in [2.45, 2.75) is 26.2 Å². The van der Waals surface area contributed by atoms with Crippen molar-refractivity contribution < 1.29 is 14.3 Å². The minimum Gasteiger partial charge on any atom is -0.478 e. The van der Waals surface area contributed by atoms with E-state index in [-0.39, 0.29) is 5.82 Å². The number of benzene rings is 1. The molecule has 2 bridgehead atoms. The first-order valence-corrected chi connectivity index (χ1v) is 6.90. The normalized spacial score (nSPS) is 22.9. The summed E-state index contributed by atoms with van der Waals surface area (Å²) in [5.74, 6) is 0.656. The van der Waals surface area contributed by atoms with Crippen LogP contribution in [0.3, 0.4) is 0 Å². The molecule has 1 aromatic carbocycles. The minimum absolute atomic E-state index is 0.315. The Morgan fingerprint density at radius 2 is 1.95 bits per heavy atom. The fourth-order valence-corrected chi connectivity index (χ4v) is 2.70. The maximum absolute atomic E-state index is 12.6. The Morgan fingerprint density at radius 1 is 1.30 bits per heavy atom. The number of hydrogen-bond donors (Lipinski definition) is 1. The number of rotatable bonds is 2. The molecule has 0 radical (unpaired) electrons. The monoisotopic (exact) mass is 274 g/mol. The molecule has 2 aliphatic rings. The summed E-state index contributed by atoms with van der Waals surface area (Å²) in [6.07, 6.45) is 11.7. The van der Waals surface area contributed by atoms with Gasteiger partial charge in [0, 0.05) is 6.08 Å². The lowest BCUT2D eigenvalue weighted by molar-refractivity contribution is -0.131. The predicted molar refractivity (Wildman–Crippen MR) is 77.8 cm³/mol. The summed E-state index contributed by atoms with van der Waals surface area (Å²) in [7, 11) is 0. The number of allylic oxidation sites excluding steroid dienone is 2. The van der Waals surface area contributed by atoms with E-state index in [0.29, 0.717) is 5.56 Å². The molecule has 0 spiro atoms. The molecule has 2 unspecified atom stereocenters. The van der Waals surface area contributed by atoms with Crippen molar-refractivity contribution in [3.05, 3.63) is 53.4 Å². The highest BCUT2D eigenvalue weighted by Crippen LogP contribution is 2.38. The first kappa shape index (κ1) is 14.5. The summed E-state index contributed by atoms with van der Waals surface area (Å²) < 4.78 is 12.6. The number of aliphatic carboxylic acids is 1. The SMILES string of the molecule is C1=CC2CCC1C2.Cc1cc(F)ccc1C=CC(=O)O. The van der Waals surface area contributed by atoms with E-state index in [2.05, 4.69) is 12.2 Å². The first-order valence-electron chi connectivity index (χ1n) is 6.90. The molecule has 1 saturated carbocycles. The highest BCUT2D eigenvalue weighted by molar-refractivity contribution is 5.85. The fraction of sp³-hybridized carbons (Fsp3) is 0.353. The molecule has 0 aliphatic heterocycles. The molecule has 3 rings (SSSR count). The van der Waals surface area contributed by atoms with Gasteiger partial charge in [-0.1, -0.05) is 18.2 Å². The molecule has 0 amide bonds. The maximum atomic E-state index is 12.6. The van der Waals surface area contributed by atoms with E-state index in [4.69, 9.17) is 5.11 Å². The molecule has 0 heterocycles. The Kier molecular flexibility index (Phi) is 4.72. The van der Waals surface area contributed by atoms with Gasteiger partial charge in [0.25, 0.3) is 0 Å². The molecule has 106 valence electrons. The largest absolute Gasteiger partial charge is 0.478 e. The zero-order chi connectivity index (χ0) is 14.5. The van der Waals surface area contributed by atoms with Crippen LogP contribution in [0.2, 0.25) is 0 Å². The van der Waals surface area contributed by atoms with Crippen LogP contribution in [0.15, 0.2) is 36.4 Å². The summed E-state index contributed by atoms with van der Waals surface area (Å²) in [6.45, 7) is 1.73.